The molecule has 0 aliphatic rings. The first-order valence-electron chi connectivity index (χ1n) is 7.46. The molecule has 0 radical (unpaired) electrons. The van der Waals surface area contributed by atoms with E-state index in [4.69, 9.17) is 4.42 Å². The molecule has 0 bridgehead atoms. The van der Waals surface area contributed by atoms with E-state index in [-0.39, 0.29) is 5.63 Å². The Balaban J connectivity index is 2.12. The summed E-state index contributed by atoms with van der Waals surface area (Å²) in [6.07, 6.45) is 3.34. The molecule has 0 saturated heterocycles. The summed E-state index contributed by atoms with van der Waals surface area (Å²) in [7, 11) is 0. The van der Waals surface area contributed by atoms with Gasteiger partial charge in [-0.15, -0.1) is 0 Å². The smallest absolute Gasteiger partial charge is 0.344 e. The van der Waals surface area contributed by atoms with Crippen LogP contribution >= 0.6 is 0 Å². The van der Waals surface area contributed by atoms with Gasteiger partial charge in [0.05, 0.1) is 5.56 Å². The van der Waals surface area contributed by atoms with Gasteiger partial charge in [0.1, 0.15) is 5.58 Å². The zero-order chi connectivity index (χ0) is 15.5. The van der Waals surface area contributed by atoms with Gasteiger partial charge in [0.15, 0.2) is 0 Å². The molecule has 0 saturated carbocycles. The van der Waals surface area contributed by atoms with Crippen LogP contribution in [0.2, 0.25) is 0 Å². The van der Waals surface area contributed by atoms with Crippen molar-refractivity contribution in [1.29, 1.82) is 0 Å². The Bertz CT molecular complexity index is 837. The minimum atomic E-state index is -0.324. The second-order valence-corrected chi connectivity index (χ2v) is 5.08. The molecule has 0 unspecified atom stereocenters. The van der Waals surface area contributed by atoms with Gasteiger partial charge in [0.2, 0.25) is 0 Å². The zero-order valence-corrected chi connectivity index (χ0v) is 12.7. The molecule has 0 atom stereocenters. The number of anilines is 1. The van der Waals surface area contributed by atoms with Crippen molar-refractivity contribution in [2.75, 3.05) is 18.0 Å². The molecule has 112 valence electrons. The number of rotatable bonds is 4. The first kappa shape index (κ1) is 14.3. The predicted molar refractivity (Wildman–Crippen MR) is 89.3 cm³/mol. The van der Waals surface area contributed by atoms with Crippen LogP contribution in [-0.4, -0.2) is 18.1 Å². The van der Waals surface area contributed by atoms with Crippen LogP contribution in [0.5, 0.6) is 0 Å². The Hall–Kier alpha value is -2.62. The quantitative estimate of drug-likeness (QED) is 0.688. The average molecular weight is 294 g/mol. The molecule has 1 aromatic carbocycles. The van der Waals surface area contributed by atoms with E-state index in [0.717, 1.165) is 29.7 Å². The number of benzene rings is 1. The molecule has 0 spiro atoms. The van der Waals surface area contributed by atoms with E-state index >= 15 is 0 Å². The summed E-state index contributed by atoms with van der Waals surface area (Å²) < 4.78 is 5.52. The van der Waals surface area contributed by atoms with Crippen molar-refractivity contribution >= 4 is 16.7 Å². The van der Waals surface area contributed by atoms with Crippen LogP contribution in [0.25, 0.3) is 22.1 Å². The number of aromatic nitrogens is 1. The Morgan fingerprint density at radius 3 is 2.45 bits per heavy atom. The molecule has 22 heavy (non-hydrogen) atoms. The Morgan fingerprint density at radius 1 is 1.05 bits per heavy atom. The Labute approximate surface area is 129 Å². The lowest BCUT2D eigenvalue weighted by Crippen LogP contribution is -2.21. The van der Waals surface area contributed by atoms with Crippen molar-refractivity contribution < 1.29 is 4.42 Å². The highest BCUT2D eigenvalue weighted by atomic mass is 16.4. The van der Waals surface area contributed by atoms with E-state index in [1.807, 2.05) is 30.3 Å². The van der Waals surface area contributed by atoms with Crippen molar-refractivity contribution in [3.8, 4) is 11.1 Å². The lowest BCUT2D eigenvalue weighted by Gasteiger charge is -2.21. The van der Waals surface area contributed by atoms with E-state index in [9.17, 15) is 4.79 Å². The third-order valence-corrected chi connectivity index (χ3v) is 3.84. The van der Waals surface area contributed by atoms with Gasteiger partial charge in [0.25, 0.3) is 0 Å². The standard InChI is InChI=1S/C18H18N2O2/c1-3-20(4-2)15-6-5-14-11-16(13-7-9-19-10-8-13)18(21)22-17(14)12-15/h5-12H,3-4H2,1-2H3. The summed E-state index contributed by atoms with van der Waals surface area (Å²) in [5, 5.41) is 0.919. The SMILES string of the molecule is CCN(CC)c1ccc2cc(-c3ccncc3)c(=O)oc2c1. The molecule has 0 fully saturated rings. The van der Waals surface area contributed by atoms with Crippen LogP contribution in [0.4, 0.5) is 5.69 Å². The lowest BCUT2D eigenvalue weighted by molar-refractivity contribution is 0.563. The maximum atomic E-state index is 12.3. The van der Waals surface area contributed by atoms with Crippen LogP contribution in [0.15, 0.2) is 58.0 Å². The Kier molecular flexibility index (Phi) is 3.92. The third-order valence-electron chi connectivity index (χ3n) is 3.84. The first-order chi connectivity index (χ1) is 10.7. The van der Waals surface area contributed by atoms with E-state index in [0.29, 0.717) is 11.1 Å². The molecule has 2 heterocycles. The van der Waals surface area contributed by atoms with Crippen molar-refractivity contribution in [1.82, 2.24) is 4.98 Å². The van der Waals surface area contributed by atoms with E-state index < -0.39 is 0 Å². The summed E-state index contributed by atoms with van der Waals surface area (Å²) in [5.74, 6) is 0. The van der Waals surface area contributed by atoms with E-state index in [1.165, 1.54) is 0 Å². The number of hydrogen-bond acceptors (Lipinski definition) is 4. The fourth-order valence-electron chi connectivity index (χ4n) is 2.62. The monoisotopic (exact) mass is 294 g/mol. The molecule has 0 amide bonds. The van der Waals surface area contributed by atoms with Crippen molar-refractivity contribution in [3.05, 3.63) is 59.2 Å². The second kappa shape index (κ2) is 6.02. The van der Waals surface area contributed by atoms with Gasteiger partial charge >= 0.3 is 5.63 Å². The fourth-order valence-corrected chi connectivity index (χ4v) is 2.62. The molecular formula is C18H18N2O2. The highest BCUT2D eigenvalue weighted by Gasteiger charge is 2.09. The molecule has 3 rings (SSSR count). The van der Waals surface area contributed by atoms with Crippen LogP contribution in [0.1, 0.15) is 13.8 Å². The number of nitrogens with zero attached hydrogens (tertiary/aromatic N) is 2. The maximum absolute atomic E-state index is 12.3. The van der Waals surface area contributed by atoms with Crippen molar-refractivity contribution in [2.24, 2.45) is 0 Å². The normalized spacial score (nSPS) is 10.8. The molecule has 4 nitrogen and oxygen atoms in total. The molecule has 2 aromatic heterocycles. The first-order valence-corrected chi connectivity index (χ1v) is 7.46. The van der Waals surface area contributed by atoms with Crippen LogP contribution in [-0.2, 0) is 0 Å². The van der Waals surface area contributed by atoms with Gasteiger partial charge in [-0.3, -0.25) is 4.98 Å². The predicted octanol–water partition coefficient (Wildman–Crippen LogP) is 3.70. The van der Waals surface area contributed by atoms with Gasteiger partial charge in [-0.05, 0) is 49.7 Å². The van der Waals surface area contributed by atoms with Crippen LogP contribution < -0.4 is 10.5 Å². The molecule has 0 N–H and O–H groups in total. The fraction of sp³-hybridized carbons (Fsp3) is 0.222. The van der Waals surface area contributed by atoms with Crippen molar-refractivity contribution in [3.63, 3.8) is 0 Å². The van der Waals surface area contributed by atoms with E-state index in [1.54, 1.807) is 12.4 Å². The summed E-state index contributed by atoms with van der Waals surface area (Å²) in [4.78, 5) is 18.4. The largest absolute Gasteiger partial charge is 0.422 e. The highest BCUT2D eigenvalue weighted by molar-refractivity contribution is 5.84. The Morgan fingerprint density at radius 2 is 1.77 bits per heavy atom. The van der Waals surface area contributed by atoms with E-state index in [2.05, 4.69) is 29.8 Å². The maximum Gasteiger partial charge on any atom is 0.344 e. The van der Waals surface area contributed by atoms with Gasteiger partial charge in [0, 0.05) is 42.6 Å². The summed E-state index contributed by atoms with van der Waals surface area (Å²) in [6.45, 7) is 6.05. The zero-order valence-electron chi connectivity index (χ0n) is 12.7. The lowest BCUT2D eigenvalue weighted by atomic mass is 10.1. The number of hydrogen-bond donors (Lipinski definition) is 0. The summed E-state index contributed by atoms with van der Waals surface area (Å²) in [6, 6.07) is 11.5. The van der Waals surface area contributed by atoms with Crippen molar-refractivity contribution in [2.45, 2.75) is 13.8 Å². The van der Waals surface area contributed by atoms with Crippen LogP contribution in [0.3, 0.4) is 0 Å². The average Bonchev–Trinajstić information content (AvgIpc) is 2.56. The molecule has 3 aromatic rings. The minimum Gasteiger partial charge on any atom is -0.422 e. The topological polar surface area (TPSA) is 46.3 Å². The molecule has 4 heteroatoms. The number of fused-ring (bicyclic) bond motifs is 1. The third kappa shape index (κ3) is 2.60. The van der Waals surface area contributed by atoms with Gasteiger partial charge < -0.3 is 9.32 Å². The highest BCUT2D eigenvalue weighted by Crippen LogP contribution is 2.24. The molecule has 0 aliphatic carbocycles. The van der Waals surface area contributed by atoms with Gasteiger partial charge in [-0.1, -0.05) is 0 Å². The second-order valence-electron chi connectivity index (χ2n) is 5.08. The van der Waals surface area contributed by atoms with Gasteiger partial charge in [-0.25, -0.2) is 4.79 Å². The van der Waals surface area contributed by atoms with Gasteiger partial charge in [-0.2, -0.15) is 0 Å². The minimum absolute atomic E-state index is 0.324. The van der Waals surface area contributed by atoms with Crippen LogP contribution in [0, 0.1) is 0 Å². The summed E-state index contributed by atoms with van der Waals surface area (Å²) in [5.41, 5.74) is 2.74. The number of pyridine rings is 1. The molecule has 0 aliphatic heterocycles. The molecular weight excluding hydrogens is 276 g/mol. The summed E-state index contributed by atoms with van der Waals surface area (Å²) >= 11 is 0.